The van der Waals surface area contributed by atoms with Gasteiger partial charge >= 0.3 is 5.97 Å². The molecule has 0 aliphatic carbocycles. The van der Waals surface area contributed by atoms with Crippen molar-refractivity contribution < 1.29 is 14.3 Å². The fourth-order valence-electron chi connectivity index (χ4n) is 2.54. The van der Waals surface area contributed by atoms with Crippen LogP contribution in [0.25, 0.3) is 11.3 Å². The van der Waals surface area contributed by atoms with E-state index in [1.807, 2.05) is 0 Å². The Labute approximate surface area is 160 Å². The van der Waals surface area contributed by atoms with Gasteiger partial charge in [0.15, 0.2) is 0 Å². The molecule has 2 aromatic carbocycles. The smallest absolute Gasteiger partial charge is 0.337 e. The number of nitrogens with two attached hydrogens (primary N) is 1. The summed E-state index contributed by atoms with van der Waals surface area (Å²) in [6.07, 6.45) is 0. The van der Waals surface area contributed by atoms with E-state index in [-0.39, 0.29) is 18.1 Å². The maximum atomic E-state index is 11.6. The number of carbonyl (C=O) groups excluding carboxylic acids is 1. The first-order valence-corrected chi connectivity index (χ1v) is 8.21. The number of anilines is 1. The zero-order valence-corrected chi connectivity index (χ0v) is 14.9. The minimum Gasteiger partial charge on any atom is -0.488 e. The monoisotopic (exact) mass is 376 g/mol. The van der Waals surface area contributed by atoms with Crippen LogP contribution in [0.2, 0.25) is 0 Å². The van der Waals surface area contributed by atoms with E-state index in [2.05, 4.69) is 20.8 Å². The first-order chi connectivity index (χ1) is 13.5. The SMILES string of the molecule is COC(=O)c1ccc(COc2ccc(-c3cc(=O)[nH]c(N)n3)cc2C#N)cc1. The van der Waals surface area contributed by atoms with Crippen LogP contribution < -0.4 is 16.0 Å². The minimum atomic E-state index is -0.413. The molecule has 0 bridgehead atoms. The third-order valence-electron chi connectivity index (χ3n) is 3.93. The zero-order chi connectivity index (χ0) is 20.1. The first kappa shape index (κ1) is 18.7. The highest BCUT2D eigenvalue weighted by Crippen LogP contribution is 2.25. The first-order valence-electron chi connectivity index (χ1n) is 8.21. The lowest BCUT2D eigenvalue weighted by Gasteiger charge is -2.10. The van der Waals surface area contributed by atoms with Crippen LogP contribution >= 0.6 is 0 Å². The van der Waals surface area contributed by atoms with Crippen molar-refractivity contribution >= 4 is 11.9 Å². The van der Waals surface area contributed by atoms with Gasteiger partial charge in [-0.25, -0.2) is 9.78 Å². The molecule has 0 amide bonds. The van der Waals surface area contributed by atoms with Gasteiger partial charge in [0.05, 0.1) is 23.9 Å². The number of rotatable bonds is 5. The average Bonchev–Trinajstić information content (AvgIpc) is 2.71. The highest BCUT2D eigenvalue weighted by molar-refractivity contribution is 5.89. The van der Waals surface area contributed by atoms with Gasteiger partial charge in [-0.3, -0.25) is 9.78 Å². The topological polar surface area (TPSA) is 131 Å². The normalized spacial score (nSPS) is 10.1. The molecule has 0 aliphatic heterocycles. The molecule has 1 aromatic heterocycles. The van der Waals surface area contributed by atoms with E-state index in [1.165, 1.54) is 13.2 Å². The third kappa shape index (κ3) is 4.16. The maximum Gasteiger partial charge on any atom is 0.337 e. The zero-order valence-electron chi connectivity index (χ0n) is 14.9. The van der Waals surface area contributed by atoms with Crippen molar-refractivity contribution in [2.75, 3.05) is 12.8 Å². The molecular weight excluding hydrogens is 360 g/mol. The number of nitriles is 1. The van der Waals surface area contributed by atoms with Gasteiger partial charge in [-0.1, -0.05) is 12.1 Å². The molecule has 0 aliphatic rings. The van der Waals surface area contributed by atoms with Crippen molar-refractivity contribution in [3.63, 3.8) is 0 Å². The van der Waals surface area contributed by atoms with E-state index in [1.54, 1.807) is 42.5 Å². The number of ether oxygens (including phenoxy) is 2. The quantitative estimate of drug-likeness (QED) is 0.653. The van der Waals surface area contributed by atoms with Crippen LogP contribution in [0.1, 0.15) is 21.5 Å². The number of aromatic amines is 1. The third-order valence-corrected chi connectivity index (χ3v) is 3.93. The van der Waals surface area contributed by atoms with E-state index >= 15 is 0 Å². The van der Waals surface area contributed by atoms with Crippen LogP contribution in [0.5, 0.6) is 5.75 Å². The second-order valence-corrected chi connectivity index (χ2v) is 5.82. The number of nitrogens with one attached hydrogen (secondary N) is 1. The molecule has 8 nitrogen and oxygen atoms in total. The van der Waals surface area contributed by atoms with Crippen molar-refractivity contribution in [1.29, 1.82) is 5.26 Å². The summed E-state index contributed by atoms with van der Waals surface area (Å²) in [5.74, 6) is -0.0262. The van der Waals surface area contributed by atoms with Gasteiger partial charge in [0.1, 0.15) is 18.4 Å². The number of hydrogen-bond donors (Lipinski definition) is 2. The molecule has 28 heavy (non-hydrogen) atoms. The van der Waals surface area contributed by atoms with Gasteiger partial charge in [0.25, 0.3) is 5.56 Å². The maximum absolute atomic E-state index is 11.6. The summed E-state index contributed by atoms with van der Waals surface area (Å²) in [6.45, 7) is 0.214. The molecule has 3 N–H and O–H groups in total. The second kappa shape index (κ2) is 8.05. The predicted molar refractivity (Wildman–Crippen MR) is 102 cm³/mol. The number of hydrogen-bond acceptors (Lipinski definition) is 7. The molecule has 0 atom stereocenters. The summed E-state index contributed by atoms with van der Waals surface area (Å²) in [7, 11) is 1.32. The Bertz CT molecular complexity index is 1110. The molecule has 0 radical (unpaired) electrons. The summed E-state index contributed by atoms with van der Waals surface area (Å²) < 4.78 is 10.4. The van der Waals surface area contributed by atoms with Crippen LogP contribution in [0, 0.1) is 11.3 Å². The Morgan fingerprint density at radius 1 is 1.21 bits per heavy atom. The van der Waals surface area contributed by atoms with Crippen molar-refractivity contribution in [2.24, 2.45) is 0 Å². The number of esters is 1. The predicted octanol–water partition coefficient (Wildman–Crippen LogP) is 2.26. The Morgan fingerprint density at radius 2 is 1.96 bits per heavy atom. The number of nitrogens with zero attached hydrogens (tertiary/aromatic N) is 2. The van der Waals surface area contributed by atoms with Crippen LogP contribution in [0.3, 0.4) is 0 Å². The van der Waals surface area contributed by atoms with Crippen LogP contribution in [0.4, 0.5) is 5.95 Å². The summed E-state index contributed by atoms with van der Waals surface area (Å²) >= 11 is 0. The Kier molecular flexibility index (Phi) is 5.37. The van der Waals surface area contributed by atoms with E-state index < -0.39 is 5.97 Å². The lowest BCUT2D eigenvalue weighted by atomic mass is 10.1. The summed E-state index contributed by atoms with van der Waals surface area (Å²) in [6, 6.07) is 15.1. The number of aromatic nitrogens is 2. The summed E-state index contributed by atoms with van der Waals surface area (Å²) in [4.78, 5) is 29.4. The van der Waals surface area contributed by atoms with Gasteiger partial charge in [-0.05, 0) is 35.9 Å². The van der Waals surface area contributed by atoms with Gasteiger partial charge in [-0.15, -0.1) is 0 Å². The molecule has 0 fully saturated rings. The molecule has 1 heterocycles. The van der Waals surface area contributed by atoms with Gasteiger partial charge in [0.2, 0.25) is 5.95 Å². The number of benzene rings is 2. The van der Waals surface area contributed by atoms with E-state index in [9.17, 15) is 14.9 Å². The van der Waals surface area contributed by atoms with Crippen molar-refractivity contribution in [2.45, 2.75) is 6.61 Å². The largest absolute Gasteiger partial charge is 0.488 e. The Hall–Kier alpha value is -4.12. The molecular formula is C20H16N4O4. The molecule has 8 heteroatoms. The fraction of sp³-hybridized carbons (Fsp3) is 0.100. The van der Waals surface area contributed by atoms with Crippen LogP contribution in [-0.4, -0.2) is 23.0 Å². The van der Waals surface area contributed by atoms with Crippen LogP contribution in [0.15, 0.2) is 53.3 Å². The number of carbonyl (C=O) groups is 1. The standard InChI is InChI=1S/C20H16N4O4/c1-27-19(26)13-4-2-12(3-5-13)11-28-17-7-6-14(8-15(17)10-21)16-9-18(25)24-20(22)23-16/h2-9H,11H2,1H3,(H3,22,23,24,25). The highest BCUT2D eigenvalue weighted by atomic mass is 16.5. The van der Waals surface area contributed by atoms with E-state index in [4.69, 9.17) is 10.5 Å². The molecule has 3 aromatic rings. The van der Waals surface area contributed by atoms with Gasteiger partial charge in [-0.2, -0.15) is 5.26 Å². The van der Waals surface area contributed by atoms with Crippen molar-refractivity contribution in [3.05, 3.63) is 75.6 Å². The average molecular weight is 376 g/mol. The molecule has 0 unspecified atom stereocenters. The van der Waals surface area contributed by atoms with Crippen LogP contribution in [-0.2, 0) is 11.3 Å². The minimum absolute atomic E-state index is 0.00302. The summed E-state index contributed by atoms with van der Waals surface area (Å²) in [5, 5.41) is 9.43. The lowest BCUT2D eigenvalue weighted by molar-refractivity contribution is 0.0600. The molecule has 0 saturated heterocycles. The van der Waals surface area contributed by atoms with E-state index in [0.717, 1.165) is 5.56 Å². The van der Waals surface area contributed by atoms with Crippen molar-refractivity contribution in [3.8, 4) is 23.1 Å². The second-order valence-electron chi connectivity index (χ2n) is 5.82. The fourth-order valence-corrected chi connectivity index (χ4v) is 2.54. The van der Waals surface area contributed by atoms with Gasteiger partial charge in [0, 0.05) is 11.6 Å². The summed E-state index contributed by atoms with van der Waals surface area (Å²) in [5.41, 5.74) is 7.68. The van der Waals surface area contributed by atoms with E-state index in [0.29, 0.717) is 28.1 Å². The Balaban J connectivity index is 1.78. The Morgan fingerprint density at radius 3 is 2.61 bits per heavy atom. The van der Waals surface area contributed by atoms with Gasteiger partial charge < -0.3 is 15.2 Å². The molecule has 0 spiro atoms. The molecule has 140 valence electrons. The molecule has 0 saturated carbocycles. The lowest BCUT2D eigenvalue weighted by Crippen LogP contribution is -2.10. The number of H-pyrrole nitrogens is 1. The number of nitrogen functional groups attached to an aromatic ring is 1. The highest BCUT2D eigenvalue weighted by Gasteiger charge is 2.10. The molecule has 3 rings (SSSR count). The van der Waals surface area contributed by atoms with Crippen molar-refractivity contribution in [1.82, 2.24) is 9.97 Å². The number of methoxy groups -OCH3 is 1.